The van der Waals surface area contributed by atoms with Crippen LogP contribution in [0.25, 0.3) is 5.78 Å². The molecule has 92 valence electrons. The molecule has 0 fully saturated rings. The number of nitrogens with zero attached hydrogens (tertiary/aromatic N) is 4. The highest BCUT2D eigenvalue weighted by molar-refractivity contribution is 6.20. The molecule has 1 atom stereocenters. The third kappa shape index (κ3) is 2.94. The van der Waals surface area contributed by atoms with E-state index in [1.807, 2.05) is 13.0 Å². The molecule has 0 aliphatic rings. The van der Waals surface area contributed by atoms with Gasteiger partial charge in [-0.2, -0.15) is 10.1 Å². The molecule has 0 N–H and O–H groups in total. The van der Waals surface area contributed by atoms with E-state index in [4.69, 9.17) is 11.6 Å². The molecule has 0 amide bonds. The Kier molecular flexibility index (Phi) is 3.62. The van der Waals surface area contributed by atoms with Crippen LogP contribution in [0.3, 0.4) is 0 Å². The first-order valence-electron chi connectivity index (χ1n) is 5.86. The lowest BCUT2D eigenvalue weighted by Crippen LogP contribution is -2.11. The fourth-order valence-corrected chi connectivity index (χ4v) is 2.49. The van der Waals surface area contributed by atoms with Crippen molar-refractivity contribution >= 4 is 17.4 Å². The summed E-state index contributed by atoms with van der Waals surface area (Å²) in [6, 6.07) is 2.03. The predicted molar refractivity (Wildman–Crippen MR) is 68.3 cm³/mol. The van der Waals surface area contributed by atoms with Crippen molar-refractivity contribution in [2.24, 2.45) is 5.92 Å². The molecule has 2 heterocycles. The molecular weight excluding hydrogens is 236 g/mol. The van der Waals surface area contributed by atoms with Gasteiger partial charge in [0.2, 0.25) is 0 Å². The molecule has 0 aliphatic carbocycles. The maximum Gasteiger partial charge on any atom is 0.252 e. The van der Waals surface area contributed by atoms with Crippen molar-refractivity contribution in [3.8, 4) is 0 Å². The Morgan fingerprint density at radius 2 is 2.18 bits per heavy atom. The zero-order chi connectivity index (χ0) is 12.4. The Hall–Kier alpha value is -1.16. The Morgan fingerprint density at radius 3 is 2.88 bits per heavy atom. The van der Waals surface area contributed by atoms with E-state index in [1.54, 1.807) is 4.52 Å². The van der Waals surface area contributed by atoms with Crippen LogP contribution < -0.4 is 0 Å². The monoisotopic (exact) mass is 252 g/mol. The number of hydrogen-bond donors (Lipinski definition) is 0. The first-order valence-corrected chi connectivity index (χ1v) is 6.30. The summed E-state index contributed by atoms with van der Waals surface area (Å²) in [6.45, 7) is 6.32. The standard InChI is InChI=1S/C12H17ClN4/c1-8(2)4-10(13)6-11-5-9(3)16-12-14-7-15-17(11)12/h5,7-8,10H,4,6H2,1-3H3. The molecule has 0 bridgehead atoms. The number of halogens is 1. The molecule has 0 aliphatic heterocycles. The highest BCUT2D eigenvalue weighted by Crippen LogP contribution is 2.16. The highest BCUT2D eigenvalue weighted by Gasteiger charge is 2.12. The van der Waals surface area contributed by atoms with E-state index in [0.717, 1.165) is 24.2 Å². The minimum absolute atomic E-state index is 0.129. The maximum absolute atomic E-state index is 6.35. The summed E-state index contributed by atoms with van der Waals surface area (Å²) in [5, 5.41) is 4.31. The molecule has 5 heteroatoms. The van der Waals surface area contributed by atoms with Crippen LogP contribution in [0.1, 0.15) is 31.7 Å². The predicted octanol–water partition coefficient (Wildman–Crippen LogP) is 2.63. The lowest BCUT2D eigenvalue weighted by atomic mass is 10.0. The van der Waals surface area contributed by atoms with Crippen LogP contribution in [0.5, 0.6) is 0 Å². The first-order chi connectivity index (χ1) is 8.06. The number of aryl methyl sites for hydroxylation is 1. The third-order valence-electron chi connectivity index (χ3n) is 2.61. The van der Waals surface area contributed by atoms with Crippen molar-refractivity contribution in [1.82, 2.24) is 19.6 Å². The second kappa shape index (κ2) is 5.00. The minimum Gasteiger partial charge on any atom is -0.216 e. The van der Waals surface area contributed by atoms with E-state index in [0.29, 0.717) is 11.7 Å². The van der Waals surface area contributed by atoms with Crippen LogP contribution in [0.15, 0.2) is 12.4 Å². The number of rotatable bonds is 4. The van der Waals surface area contributed by atoms with E-state index in [-0.39, 0.29) is 5.38 Å². The minimum atomic E-state index is 0.129. The third-order valence-corrected chi connectivity index (χ3v) is 2.94. The molecule has 0 saturated heterocycles. The molecule has 1 unspecified atom stereocenters. The van der Waals surface area contributed by atoms with Gasteiger partial charge in [-0.25, -0.2) is 9.50 Å². The van der Waals surface area contributed by atoms with E-state index in [2.05, 4.69) is 28.9 Å². The van der Waals surface area contributed by atoms with Gasteiger partial charge < -0.3 is 0 Å². The molecule has 0 spiro atoms. The van der Waals surface area contributed by atoms with E-state index in [1.165, 1.54) is 6.33 Å². The summed E-state index contributed by atoms with van der Waals surface area (Å²) < 4.78 is 1.77. The number of alkyl halides is 1. The van der Waals surface area contributed by atoms with Gasteiger partial charge in [-0.15, -0.1) is 11.6 Å². The molecule has 0 saturated carbocycles. The summed E-state index contributed by atoms with van der Waals surface area (Å²) >= 11 is 6.35. The Bertz CT molecular complexity index is 506. The Labute approximate surface area is 106 Å². The molecule has 2 aromatic heterocycles. The van der Waals surface area contributed by atoms with E-state index in [9.17, 15) is 0 Å². The van der Waals surface area contributed by atoms with Gasteiger partial charge in [0.1, 0.15) is 6.33 Å². The average Bonchev–Trinajstić information content (AvgIpc) is 2.63. The Morgan fingerprint density at radius 1 is 1.41 bits per heavy atom. The summed E-state index contributed by atoms with van der Waals surface area (Å²) in [4.78, 5) is 8.42. The van der Waals surface area contributed by atoms with Gasteiger partial charge in [-0.05, 0) is 25.3 Å². The van der Waals surface area contributed by atoms with Gasteiger partial charge in [0, 0.05) is 23.2 Å². The van der Waals surface area contributed by atoms with Crippen LogP contribution >= 0.6 is 11.6 Å². The topological polar surface area (TPSA) is 43.1 Å². The van der Waals surface area contributed by atoms with Crippen LogP contribution in [0.4, 0.5) is 0 Å². The fraction of sp³-hybridized carbons (Fsp3) is 0.583. The SMILES string of the molecule is Cc1cc(CC(Cl)CC(C)C)n2ncnc2n1. The van der Waals surface area contributed by atoms with Gasteiger partial charge in [0.25, 0.3) is 5.78 Å². The molecular formula is C12H17ClN4. The molecule has 0 radical (unpaired) electrons. The molecule has 17 heavy (non-hydrogen) atoms. The average molecular weight is 253 g/mol. The lowest BCUT2D eigenvalue weighted by Gasteiger charge is -2.12. The summed E-state index contributed by atoms with van der Waals surface area (Å²) in [7, 11) is 0. The molecule has 4 nitrogen and oxygen atoms in total. The largest absolute Gasteiger partial charge is 0.252 e. The van der Waals surface area contributed by atoms with Crippen LogP contribution in [-0.4, -0.2) is 25.0 Å². The van der Waals surface area contributed by atoms with Crippen molar-refractivity contribution in [3.05, 3.63) is 23.8 Å². The van der Waals surface area contributed by atoms with Crippen LogP contribution in [0, 0.1) is 12.8 Å². The highest BCUT2D eigenvalue weighted by atomic mass is 35.5. The number of fused-ring (bicyclic) bond motifs is 1. The van der Waals surface area contributed by atoms with Gasteiger partial charge in [0.05, 0.1) is 0 Å². The van der Waals surface area contributed by atoms with Gasteiger partial charge >= 0.3 is 0 Å². The smallest absolute Gasteiger partial charge is 0.216 e. The summed E-state index contributed by atoms with van der Waals surface area (Å²) in [6.07, 6.45) is 3.32. The van der Waals surface area contributed by atoms with Gasteiger partial charge in [-0.3, -0.25) is 0 Å². The second-order valence-corrected chi connectivity index (χ2v) is 5.41. The number of aromatic nitrogens is 4. The van der Waals surface area contributed by atoms with Crippen molar-refractivity contribution < 1.29 is 0 Å². The molecule has 0 aromatic carbocycles. The molecule has 2 aromatic rings. The van der Waals surface area contributed by atoms with Gasteiger partial charge in [0.15, 0.2) is 0 Å². The van der Waals surface area contributed by atoms with E-state index < -0.39 is 0 Å². The first kappa shape index (κ1) is 12.3. The maximum atomic E-state index is 6.35. The quantitative estimate of drug-likeness (QED) is 0.786. The van der Waals surface area contributed by atoms with Crippen molar-refractivity contribution in [1.29, 1.82) is 0 Å². The van der Waals surface area contributed by atoms with Crippen molar-refractivity contribution in [3.63, 3.8) is 0 Å². The summed E-state index contributed by atoms with van der Waals surface area (Å²) in [5.41, 5.74) is 2.03. The van der Waals surface area contributed by atoms with Crippen LogP contribution in [0.2, 0.25) is 0 Å². The fourth-order valence-electron chi connectivity index (χ4n) is 1.97. The van der Waals surface area contributed by atoms with Crippen molar-refractivity contribution in [2.45, 2.75) is 39.0 Å². The van der Waals surface area contributed by atoms with Crippen LogP contribution in [-0.2, 0) is 6.42 Å². The number of hydrogen-bond acceptors (Lipinski definition) is 3. The zero-order valence-electron chi connectivity index (χ0n) is 10.4. The second-order valence-electron chi connectivity index (χ2n) is 4.79. The lowest BCUT2D eigenvalue weighted by molar-refractivity contribution is 0.555. The Balaban J connectivity index is 2.25. The van der Waals surface area contributed by atoms with Gasteiger partial charge in [-0.1, -0.05) is 13.8 Å². The zero-order valence-corrected chi connectivity index (χ0v) is 11.1. The van der Waals surface area contributed by atoms with Crippen molar-refractivity contribution in [2.75, 3.05) is 0 Å². The normalized spacial score (nSPS) is 13.5. The molecule has 2 rings (SSSR count). The van der Waals surface area contributed by atoms with E-state index >= 15 is 0 Å². The summed E-state index contributed by atoms with van der Waals surface area (Å²) in [5.74, 6) is 1.25.